The maximum atomic E-state index is 3.60. The highest BCUT2D eigenvalue weighted by atomic mass is 15.2. The van der Waals surface area contributed by atoms with Gasteiger partial charge in [-0.2, -0.15) is 0 Å². The predicted octanol–water partition coefficient (Wildman–Crippen LogP) is 3.59. The van der Waals surface area contributed by atoms with Crippen molar-refractivity contribution in [2.45, 2.75) is 39.7 Å². The van der Waals surface area contributed by atoms with E-state index >= 15 is 0 Å². The Morgan fingerprint density at radius 1 is 1.33 bits per heavy atom. The minimum atomic E-state index is 0.488. The number of nitrogens with zero attached hydrogens (tertiary/aromatic N) is 1. The third-order valence-corrected chi connectivity index (χ3v) is 3.94. The molecule has 1 fully saturated rings. The minimum absolute atomic E-state index is 0.488. The van der Waals surface area contributed by atoms with E-state index in [2.05, 4.69) is 55.3 Å². The van der Waals surface area contributed by atoms with E-state index in [1.165, 1.54) is 30.8 Å². The van der Waals surface area contributed by atoms with Crippen LogP contribution in [0.3, 0.4) is 0 Å². The first kappa shape index (κ1) is 13.4. The summed E-state index contributed by atoms with van der Waals surface area (Å²) in [5, 5.41) is 3.60. The summed E-state index contributed by atoms with van der Waals surface area (Å²) < 4.78 is 0. The molecule has 1 aliphatic heterocycles. The van der Waals surface area contributed by atoms with Crippen LogP contribution in [-0.4, -0.2) is 19.6 Å². The van der Waals surface area contributed by atoms with Gasteiger partial charge < -0.3 is 10.2 Å². The van der Waals surface area contributed by atoms with Crippen molar-refractivity contribution in [3.05, 3.63) is 29.8 Å². The van der Waals surface area contributed by atoms with Crippen molar-refractivity contribution >= 4 is 5.69 Å². The van der Waals surface area contributed by atoms with Crippen LogP contribution in [0.5, 0.6) is 0 Å². The summed E-state index contributed by atoms with van der Waals surface area (Å²) in [6.07, 6.45) is 2.47. The first-order valence-electron chi connectivity index (χ1n) is 7.33. The molecule has 18 heavy (non-hydrogen) atoms. The van der Waals surface area contributed by atoms with E-state index in [0.717, 1.165) is 18.9 Å². The van der Waals surface area contributed by atoms with Crippen LogP contribution in [0.4, 0.5) is 5.69 Å². The van der Waals surface area contributed by atoms with Crippen LogP contribution in [0.25, 0.3) is 0 Å². The minimum Gasteiger partial charge on any atom is -0.371 e. The maximum absolute atomic E-state index is 3.60. The fourth-order valence-electron chi connectivity index (χ4n) is 2.94. The third kappa shape index (κ3) is 2.86. The van der Waals surface area contributed by atoms with Crippen LogP contribution in [0.1, 0.15) is 45.2 Å². The molecular weight excluding hydrogens is 220 g/mol. The fraction of sp³-hybridized carbons (Fsp3) is 0.625. The average molecular weight is 246 g/mol. The molecule has 0 aliphatic carbocycles. The molecule has 2 atom stereocenters. The lowest BCUT2D eigenvalue weighted by atomic mass is 10.0. The Labute approximate surface area is 111 Å². The molecule has 0 bridgehead atoms. The van der Waals surface area contributed by atoms with E-state index < -0.39 is 0 Å². The second-order valence-corrected chi connectivity index (χ2v) is 5.42. The van der Waals surface area contributed by atoms with Crippen molar-refractivity contribution in [3.63, 3.8) is 0 Å². The van der Waals surface area contributed by atoms with E-state index in [4.69, 9.17) is 0 Å². The standard InChI is InChI=1S/C16H26N2/c1-4-15(17-5-2)14-8-6-7-9-16(14)18-11-10-13(3)12-18/h6-9,13,15,17H,4-5,10-12H2,1-3H3. The predicted molar refractivity (Wildman–Crippen MR) is 79.1 cm³/mol. The summed E-state index contributed by atoms with van der Waals surface area (Å²) in [6.45, 7) is 10.2. The zero-order valence-corrected chi connectivity index (χ0v) is 11.9. The molecule has 2 unspecified atom stereocenters. The summed E-state index contributed by atoms with van der Waals surface area (Å²) in [7, 11) is 0. The largest absolute Gasteiger partial charge is 0.371 e. The molecule has 1 saturated heterocycles. The molecule has 1 aromatic rings. The molecule has 0 spiro atoms. The summed E-state index contributed by atoms with van der Waals surface area (Å²) in [5.74, 6) is 0.831. The second kappa shape index (κ2) is 6.24. The summed E-state index contributed by atoms with van der Waals surface area (Å²) in [4.78, 5) is 2.56. The molecule has 0 saturated carbocycles. The van der Waals surface area contributed by atoms with Crippen LogP contribution < -0.4 is 10.2 Å². The van der Waals surface area contributed by atoms with Crippen molar-refractivity contribution in [2.24, 2.45) is 5.92 Å². The monoisotopic (exact) mass is 246 g/mol. The van der Waals surface area contributed by atoms with Crippen molar-refractivity contribution in [1.29, 1.82) is 0 Å². The van der Waals surface area contributed by atoms with Crippen LogP contribution >= 0.6 is 0 Å². The Morgan fingerprint density at radius 3 is 2.72 bits per heavy atom. The number of hydrogen-bond donors (Lipinski definition) is 1. The molecule has 0 radical (unpaired) electrons. The van der Waals surface area contributed by atoms with Crippen LogP contribution in [0, 0.1) is 5.92 Å². The summed E-state index contributed by atoms with van der Waals surface area (Å²) >= 11 is 0. The molecule has 1 aliphatic rings. The van der Waals surface area contributed by atoms with E-state index in [0.29, 0.717) is 6.04 Å². The third-order valence-electron chi connectivity index (χ3n) is 3.94. The highest BCUT2D eigenvalue weighted by Crippen LogP contribution is 2.31. The number of benzene rings is 1. The van der Waals surface area contributed by atoms with Gasteiger partial charge in [-0.3, -0.25) is 0 Å². The van der Waals surface area contributed by atoms with Crippen LogP contribution in [0.2, 0.25) is 0 Å². The lowest BCUT2D eigenvalue weighted by Crippen LogP contribution is -2.25. The Balaban J connectivity index is 2.24. The van der Waals surface area contributed by atoms with E-state index in [-0.39, 0.29) is 0 Å². The Hall–Kier alpha value is -1.02. The molecule has 100 valence electrons. The highest BCUT2D eigenvalue weighted by Gasteiger charge is 2.22. The van der Waals surface area contributed by atoms with E-state index in [1.54, 1.807) is 0 Å². The zero-order chi connectivity index (χ0) is 13.0. The van der Waals surface area contributed by atoms with Gasteiger partial charge in [0.1, 0.15) is 0 Å². The van der Waals surface area contributed by atoms with Crippen molar-refractivity contribution < 1.29 is 0 Å². The number of nitrogens with one attached hydrogen (secondary N) is 1. The number of anilines is 1. The highest BCUT2D eigenvalue weighted by molar-refractivity contribution is 5.55. The SMILES string of the molecule is CCNC(CC)c1ccccc1N1CCC(C)C1. The lowest BCUT2D eigenvalue weighted by Gasteiger charge is -2.26. The van der Waals surface area contributed by atoms with Crippen molar-refractivity contribution in [1.82, 2.24) is 5.32 Å². The van der Waals surface area contributed by atoms with Gasteiger partial charge in [0.25, 0.3) is 0 Å². The van der Waals surface area contributed by atoms with Gasteiger partial charge in [-0.15, -0.1) is 0 Å². The van der Waals surface area contributed by atoms with Crippen molar-refractivity contribution in [3.8, 4) is 0 Å². The second-order valence-electron chi connectivity index (χ2n) is 5.42. The lowest BCUT2D eigenvalue weighted by molar-refractivity contribution is 0.536. The zero-order valence-electron chi connectivity index (χ0n) is 11.9. The molecule has 0 aromatic heterocycles. The quantitative estimate of drug-likeness (QED) is 0.854. The van der Waals surface area contributed by atoms with Gasteiger partial charge >= 0.3 is 0 Å². The van der Waals surface area contributed by atoms with Crippen LogP contribution in [0.15, 0.2) is 24.3 Å². The fourth-order valence-corrected chi connectivity index (χ4v) is 2.94. The molecule has 0 amide bonds. The van der Waals surface area contributed by atoms with E-state index in [9.17, 15) is 0 Å². The molecular formula is C16H26N2. The molecule has 2 nitrogen and oxygen atoms in total. The Morgan fingerprint density at radius 2 is 2.11 bits per heavy atom. The van der Waals surface area contributed by atoms with Gasteiger partial charge in [-0.1, -0.05) is 39.0 Å². The average Bonchev–Trinajstić information content (AvgIpc) is 2.82. The molecule has 1 heterocycles. The Bertz CT molecular complexity index is 352. The molecule has 1 N–H and O–H groups in total. The molecule has 1 aromatic carbocycles. The normalized spacial score (nSPS) is 21.3. The number of para-hydroxylation sites is 1. The smallest absolute Gasteiger partial charge is 0.0414 e. The maximum Gasteiger partial charge on any atom is 0.0414 e. The topological polar surface area (TPSA) is 15.3 Å². The van der Waals surface area contributed by atoms with Gasteiger partial charge in [0.2, 0.25) is 0 Å². The molecule has 2 heteroatoms. The first-order valence-corrected chi connectivity index (χ1v) is 7.33. The van der Waals surface area contributed by atoms with Gasteiger partial charge in [0.15, 0.2) is 0 Å². The van der Waals surface area contributed by atoms with Gasteiger partial charge in [0, 0.05) is 24.8 Å². The Kier molecular flexibility index (Phi) is 4.65. The number of rotatable bonds is 5. The number of hydrogen-bond acceptors (Lipinski definition) is 2. The summed E-state index contributed by atoms with van der Waals surface area (Å²) in [6, 6.07) is 9.39. The first-order chi connectivity index (χ1) is 8.76. The van der Waals surface area contributed by atoms with Gasteiger partial charge in [0.05, 0.1) is 0 Å². The van der Waals surface area contributed by atoms with Gasteiger partial charge in [-0.05, 0) is 36.9 Å². The summed E-state index contributed by atoms with van der Waals surface area (Å²) in [5.41, 5.74) is 2.91. The molecule has 2 rings (SSSR count). The van der Waals surface area contributed by atoms with E-state index in [1.807, 2.05) is 0 Å². The van der Waals surface area contributed by atoms with Crippen molar-refractivity contribution in [2.75, 3.05) is 24.5 Å². The van der Waals surface area contributed by atoms with Gasteiger partial charge in [-0.25, -0.2) is 0 Å². The van der Waals surface area contributed by atoms with Crippen LogP contribution in [-0.2, 0) is 0 Å².